The first-order valence-electron chi connectivity index (χ1n) is 8.12. The maximum atomic E-state index is 12.4. The summed E-state index contributed by atoms with van der Waals surface area (Å²) in [6.07, 6.45) is 0. The van der Waals surface area contributed by atoms with Crippen molar-refractivity contribution in [1.82, 2.24) is 0 Å². The lowest BCUT2D eigenvalue weighted by Crippen LogP contribution is -2.17. The van der Waals surface area contributed by atoms with Crippen molar-refractivity contribution in [2.45, 2.75) is 0 Å². The number of hydrogen-bond donors (Lipinski definition) is 2. The van der Waals surface area contributed by atoms with E-state index in [9.17, 15) is 9.59 Å². The number of halogens is 1. The number of rotatable bonds is 6. The Morgan fingerprint density at radius 3 is 2.48 bits per heavy atom. The summed E-state index contributed by atoms with van der Waals surface area (Å²) in [6, 6.07) is 17.3. The number of methoxy groups -OCH3 is 1. The van der Waals surface area contributed by atoms with Crippen molar-refractivity contribution in [1.29, 1.82) is 0 Å². The van der Waals surface area contributed by atoms with Crippen LogP contribution in [0, 0.1) is 0 Å². The van der Waals surface area contributed by atoms with Gasteiger partial charge in [-0.3, -0.25) is 9.59 Å². The van der Waals surface area contributed by atoms with Gasteiger partial charge in [0.1, 0.15) is 12.4 Å². The van der Waals surface area contributed by atoms with Crippen LogP contribution >= 0.6 is 11.6 Å². The maximum Gasteiger partial charge on any atom is 0.291 e. The lowest BCUT2D eigenvalue weighted by molar-refractivity contribution is -0.119. The van der Waals surface area contributed by atoms with Gasteiger partial charge in [-0.2, -0.15) is 0 Å². The fraction of sp³-hybridized carbons (Fsp3) is 0.100. The number of furan rings is 1. The first-order valence-corrected chi connectivity index (χ1v) is 8.49. The summed E-state index contributed by atoms with van der Waals surface area (Å²) in [7, 11) is 1.44. The van der Waals surface area contributed by atoms with Crippen molar-refractivity contribution in [2.75, 3.05) is 24.4 Å². The van der Waals surface area contributed by atoms with E-state index in [0.717, 1.165) is 0 Å². The van der Waals surface area contributed by atoms with Crippen LogP contribution in [0.2, 0.25) is 5.02 Å². The molecule has 138 valence electrons. The monoisotopic (exact) mass is 384 g/mol. The average Bonchev–Trinajstić information content (AvgIpc) is 3.12. The van der Waals surface area contributed by atoms with Crippen LogP contribution in [-0.2, 0) is 9.53 Å². The van der Waals surface area contributed by atoms with Gasteiger partial charge in [0.2, 0.25) is 5.91 Å². The summed E-state index contributed by atoms with van der Waals surface area (Å²) in [6.45, 7) is -0.0478. The summed E-state index contributed by atoms with van der Waals surface area (Å²) in [5, 5.41) is 5.95. The van der Waals surface area contributed by atoms with Crippen LogP contribution in [0.4, 0.5) is 11.4 Å². The van der Waals surface area contributed by atoms with E-state index < -0.39 is 5.91 Å². The molecule has 7 heteroatoms. The van der Waals surface area contributed by atoms with Gasteiger partial charge in [-0.05, 0) is 42.5 Å². The Labute approximate surface area is 161 Å². The Balaban J connectivity index is 1.71. The molecule has 3 aromatic rings. The molecule has 0 unspecified atom stereocenters. The molecule has 2 N–H and O–H groups in total. The summed E-state index contributed by atoms with van der Waals surface area (Å²) < 4.78 is 10.4. The van der Waals surface area contributed by atoms with E-state index in [4.69, 9.17) is 20.8 Å². The molecule has 1 aromatic heterocycles. The van der Waals surface area contributed by atoms with Crippen LogP contribution in [0.1, 0.15) is 10.6 Å². The van der Waals surface area contributed by atoms with Crippen molar-refractivity contribution in [2.24, 2.45) is 0 Å². The van der Waals surface area contributed by atoms with Crippen molar-refractivity contribution in [3.05, 3.63) is 71.4 Å². The Morgan fingerprint density at radius 2 is 1.74 bits per heavy atom. The molecular formula is C20H17ClN2O4. The third-order valence-electron chi connectivity index (χ3n) is 3.65. The predicted octanol–water partition coefficient (Wildman–Crippen LogP) is 4.44. The first-order chi connectivity index (χ1) is 13.1. The van der Waals surface area contributed by atoms with Crippen molar-refractivity contribution < 1.29 is 18.7 Å². The highest BCUT2D eigenvalue weighted by atomic mass is 35.5. The number of anilines is 2. The number of carbonyl (C=O) groups is 2. The molecule has 0 fully saturated rings. The highest BCUT2D eigenvalue weighted by Crippen LogP contribution is 2.29. The van der Waals surface area contributed by atoms with E-state index in [0.29, 0.717) is 27.7 Å². The second-order valence-corrected chi connectivity index (χ2v) is 6.07. The third-order valence-corrected chi connectivity index (χ3v) is 3.98. The minimum Gasteiger partial charge on any atom is -0.451 e. The second-order valence-electron chi connectivity index (χ2n) is 5.66. The molecule has 0 aliphatic rings. The quantitative estimate of drug-likeness (QED) is 0.658. The zero-order valence-corrected chi connectivity index (χ0v) is 15.2. The largest absolute Gasteiger partial charge is 0.451 e. The molecule has 0 saturated heterocycles. The van der Waals surface area contributed by atoms with E-state index >= 15 is 0 Å². The molecule has 0 atom stereocenters. The number of nitrogens with one attached hydrogen (secondary N) is 2. The summed E-state index contributed by atoms with van der Waals surface area (Å²) >= 11 is 6.15. The van der Waals surface area contributed by atoms with Gasteiger partial charge >= 0.3 is 0 Å². The Bertz CT molecular complexity index is 968. The van der Waals surface area contributed by atoms with Gasteiger partial charge in [0.15, 0.2) is 5.76 Å². The van der Waals surface area contributed by atoms with Crippen LogP contribution in [-0.4, -0.2) is 25.5 Å². The number of amides is 2. The fourth-order valence-corrected chi connectivity index (χ4v) is 2.69. The number of hydrogen-bond acceptors (Lipinski definition) is 4. The lowest BCUT2D eigenvalue weighted by Gasteiger charge is -2.08. The zero-order chi connectivity index (χ0) is 19.2. The lowest BCUT2D eigenvalue weighted by atomic mass is 10.2. The van der Waals surface area contributed by atoms with Crippen LogP contribution in [0.15, 0.2) is 65.1 Å². The number of ether oxygens (including phenoxy) is 1. The summed E-state index contributed by atoms with van der Waals surface area (Å²) in [5.41, 5.74) is 1.78. The van der Waals surface area contributed by atoms with Crippen LogP contribution < -0.4 is 10.6 Å². The van der Waals surface area contributed by atoms with Crippen molar-refractivity contribution in [3.63, 3.8) is 0 Å². The minimum atomic E-state index is -0.409. The molecular weight excluding hydrogens is 368 g/mol. The highest BCUT2D eigenvalue weighted by molar-refractivity contribution is 6.33. The summed E-state index contributed by atoms with van der Waals surface area (Å²) in [5.74, 6) is -0.0323. The molecule has 0 aliphatic heterocycles. The van der Waals surface area contributed by atoms with Crippen LogP contribution in [0.5, 0.6) is 0 Å². The van der Waals surface area contributed by atoms with Crippen molar-refractivity contribution >= 4 is 34.8 Å². The molecule has 2 aromatic carbocycles. The van der Waals surface area contributed by atoms with E-state index in [1.165, 1.54) is 7.11 Å². The van der Waals surface area contributed by atoms with E-state index in [1.807, 2.05) is 18.2 Å². The Kier molecular flexibility index (Phi) is 5.90. The highest BCUT2D eigenvalue weighted by Gasteiger charge is 2.14. The van der Waals surface area contributed by atoms with Crippen molar-refractivity contribution in [3.8, 4) is 11.3 Å². The molecule has 3 rings (SSSR count). The second kappa shape index (κ2) is 8.53. The molecule has 0 spiro atoms. The van der Waals surface area contributed by atoms with Gasteiger partial charge in [0, 0.05) is 24.0 Å². The molecule has 0 bridgehead atoms. The smallest absolute Gasteiger partial charge is 0.291 e. The Morgan fingerprint density at radius 1 is 1.00 bits per heavy atom. The minimum absolute atomic E-state index is 0.0478. The predicted molar refractivity (Wildman–Crippen MR) is 104 cm³/mol. The van der Waals surface area contributed by atoms with Gasteiger partial charge in [-0.15, -0.1) is 0 Å². The van der Waals surface area contributed by atoms with Crippen LogP contribution in [0.25, 0.3) is 11.3 Å². The van der Waals surface area contributed by atoms with Gasteiger partial charge < -0.3 is 19.8 Å². The molecule has 0 aliphatic carbocycles. The molecule has 2 amide bonds. The van der Waals surface area contributed by atoms with E-state index in [-0.39, 0.29) is 18.3 Å². The molecule has 6 nitrogen and oxygen atoms in total. The van der Waals surface area contributed by atoms with E-state index in [1.54, 1.807) is 42.5 Å². The topological polar surface area (TPSA) is 80.6 Å². The summed E-state index contributed by atoms with van der Waals surface area (Å²) in [4.78, 5) is 24.0. The Hall–Kier alpha value is -3.09. The molecule has 27 heavy (non-hydrogen) atoms. The van der Waals surface area contributed by atoms with Gasteiger partial charge in [0.05, 0.1) is 5.02 Å². The zero-order valence-electron chi connectivity index (χ0n) is 14.5. The fourth-order valence-electron chi connectivity index (χ4n) is 2.46. The number of benzene rings is 2. The van der Waals surface area contributed by atoms with Gasteiger partial charge in [-0.25, -0.2) is 0 Å². The maximum absolute atomic E-state index is 12.4. The third kappa shape index (κ3) is 4.75. The van der Waals surface area contributed by atoms with Crippen LogP contribution in [0.3, 0.4) is 0 Å². The van der Waals surface area contributed by atoms with Gasteiger partial charge in [0.25, 0.3) is 5.91 Å². The molecule has 0 saturated carbocycles. The number of carbonyl (C=O) groups excluding carboxylic acids is 2. The SMILES string of the molecule is COCC(=O)Nc1cccc(NC(=O)c2ccc(-c3ccccc3Cl)o2)c1. The molecule has 1 heterocycles. The standard InChI is InChI=1S/C20H17ClN2O4/c1-26-12-19(24)22-13-5-4-6-14(11-13)23-20(25)18-10-9-17(27-18)15-7-2-3-8-16(15)21/h2-11H,12H2,1H3,(H,22,24)(H,23,25). The van der Waals surface area contributed by atoms with Gasteiger partial charge in [-0.1, -0.05) is 29.8 Å². The first kappa shape index (κ1) is 18.7. The van der Waals surface area contributed by atoms with E-state index in [2.05, 4.69) is 10.6 Å². The molecule has 0 radical (unpaired) electrons. The average molecular weight is 385 g/mol. The normalized spacial score (nSPS) is 10.4.